The second-order valence-electron chi connectivity index (χ2n) is 5.58. The molecule has 1 heterocycles. The maximum atomic E-state index is 13.1. The molecule has 0 amide bonds. The Morgan fingerprint density at radius 3 is 2.32 bits per heavy atom. The van der Waals surface area contributed by atoms with Crippen molar-refractivity contribution in [2.45, 2.75) is 18.9 Å². The van der Waals surface area contributed by atoms with Crippen LogP contribution in [0.3, 0.4) is 0 Å². The lowest BCUT2D eigenvalue weighted by molar-refractivity contribution is -0.137. The van der Waals surface area contributed by atoms with Gasteiger partial charge in [0.1, 0.15) is 18.1 Å². The summed E-state index contributed by atoms with van der Waals surface area (Å²) in [6.07, 6.45) is -7.19. The van der Waals surface area contributed by atoms with Crippen molar-refractivity contribution in [2.24, 2.45) is 0 Å². The first-order chi connectivity index (χ1) is 13.0. The van der Waals surface area contributed by atoms with E-state index in [1.54, 1.807) is 6.07 Å². The van der Waals surface area contributed by atoms with Crippen molar-refractivity contribution in [1.82, 2.24) is 0 Å². The number of hydrogen-bond donors (Lipinski definition) is 0. The molecule has 0 bridgehead atoms. The molecule has 0 aliphatic carbocycles. The van der Waals surface area contributed by atoms with Crippen LogP contribution in [0.15, 0.2) is 40.8 Å². The van der Waals surface area contributed by atoms with E-state index in [1.807, 2.05) is 0 Å². The van der Waals surface area contributed by atoms with Gasteiger partial charge in [0.25, 0.3) is 0 Å². The van der Waals surface area contributed by atoms with Gasteiger partial charge in [-0.2, -0.15) is 36.9 Å². The monoisotopic (exact) mass is 399 g/mol. The molecule has 2 aromatic rings. The lowest BCUT2D eigenvalue weighted by Crippen LogP contribution is -2.34. The van der Waals surface area contributed by atoms with Crippen LogP contribution in [0.25, 0.3) is 6.08 Å². The molecule has 0 saturated carbocycles. The molecule has 0 aliphatic heterocycles. The van der Waals surface area contributed by atoms with E-state index < -0.39 is 36.6 Å². The van der Waals surface area contributed by atoms with Gasteiger partial charge >= 0.3 is 12.4 Å². The Morgan fingerprint density at radius 1 is 1.04 bits per heavy atom. The smallest absolute Gasteiger partial charge is 0.417 e. The van der Waals surface area contributed by atoms with Crippen LogP contribution in [0.1, 0.15) is 22.6 Å². The summed E-state index contributed by atoms with van der Waals surface area (Å²) < 4.78 is 83.5. The molecule has 0 atom stereocenters. The lowest BCUT2D eigenvalue weighted by atomic mass is 10.1. The summed E-state index contributed by atoms with van der Waals surface area (Å²) in [5, 5.41) is 17.3. The molecule has 10 heteroatoms. The highest BCUT2D eigenvalue weighted by Gasteiger charge is 2.36. The maximum Gasteiger partial charge on any atom is 0.417 e. The van der Waals surface area contributed by atoms with Gasteiger partial charge < -0.3 is 9.32 Å². The van der Waals surface area contributed by atoms with Gasteiger partial charge in [-0.05, 0) is 36.4 Å². The summed E-state index contributed by atoms with van der Waals surface area (Å²) in [6.45, 7) is -2.00. The quantitative estimate of drug-likeness (QED) is 0.507. The third kappa shape index (κ3) is 5.55. The van der Waals surface area contributed by atoms with Crippen LogP contribution in [-0.2, 0) is 12.7 Å². The van der Waals surface area contributed by atoms with Gasteiger partial charge in [0.15, 0.2) is 0 Å². The van der Waals surface area contributed by atoms with Crippen LogP contribution in [0.2, 0.25) is 0 Å². The highest BCUT2D eigenvalue weighted by Crippen LogP contribution is 2.35. The zero-order valence-corrected chi connectivity index (χ0v) is 14.0. The predicted molar refractivity (Wildman–Crippen MR) is 86.6 cm³/mol. The van der Waals surface area contributed by atoms with E-state index in [0.29, 0.717) is 11.0 Å². The molecule has 4 nitrogen and oxygen atoms in total. The molecule has 1 aromatic carbocycles. The summed E-state index contributed by atoms with van der Waals surface area (Å²) >= 11 is 0. The molecule has 0 fully saturated rings. The van der Waals surface area contributed by atoms with Crippen LogP contribution < -0.4 is 4.90 Å². The van der Waals surface area contributed by atoms with Crippen molar-refractivity contribution in [3.05, 3.63) is 59.1 Å². The lowest BCUT2D eigenvalue weighted by Gasteiger charge is -2.26. The first-order valence-corrected chi connectivity index (χ1v) is 7.61. The minimum Gasteiger partial charge on any atom is -0.460 e. The van der Waals surface area contributed by atoms with Gasteiger partial charge in [-0.3, -0.25) is 0 Å². The van der Waals surface area contributed by atoms with Crippen molar-refractivity contribution in [3.8, 4) is 12.1 Å². The molecule has 0 unspecified atom stereocenters. The molecule has 146 valence electrons. The average molecular weight is 399 g/mol. The van der Waals surface area contributed by atoms with E-state index in [9.17, 15) is 26.3 Å². The van der Waals surface area contributed by atoms with Gasteiger partial charge in [-0.25, -0.2) is 0 Å². The fourth-order valence-electron chi connectivity index (χ4n) is 2.39. The number of anilines is 1. The van der Waals surface area contributed by atoms with Crippen molar-refractivity contribution in [2.75, 3.05) is 11.4 Å². The van der Waals surface area contributed by atoms with E-state index in [0.717, 1.165) is 18.2 Å². The van der Waals surface area contributed by atoms with E-state index in [1.165, 1.54) is 24.3 Å². The topological polar surface area (TPSA) is 64.0 Å². The molecule has 1 aromatic heterocycles. The molecular formula is C18H11F6N3O. The number of halogens is 6. The Hall–Kier alpha value is -3.40. The standard InChI is InChI=1S/C18H11F6N3O/c19-17(20,21)11-27(10-15-6-5-14(28-15)2-1-7-25)13-4-3-12(9-26)16(8-13)18(22,23)24/h1-6,8H,10-11H2/b2-1+. The largest absolute Gasteiger partial charge is 0.460 e. The van der Waals surface area contributed by atoms with Crippen molar-refractivity contribution in [1.29, 1.82) is 10.5 Å². The molecule has 0 radical (unpaired) electrons. The fraction of sp³-hybridized carbons (Fsp3) is 0.222. The molecule has 0 aliphatic rings. The maximum absolute atomic E-state index is 13.1. The Balaban J connectivity index is 2.41. The Kier molecular flexibility index (Phi) is 6.04. The van der Waals surface area contributed by atoms with Crippen molar-refractivity contribution >= 4 is 11.8 Å². The first kappa shape index (κ1) is 20.9. The van der Waals surface area contributed by atoms with Crippen molar-refractivity contribution < 1.29 is 30.8 Å². The van der Waals surface area contributed by atoms with Crippen LogP contribution in [0.4, 0.5) is 32.0 Å². The summed E-state index contributed by atoms with van der Waals surface area (Å²) in [4.78, 5) is 0.660. The van der Waals surface area contributed by atoms with Crippen LogP contribution >= 0.6 is 0 Å². The van der Waals surface area contributed by atoms with Crippen molar-refractivity contribution in [3.63, 3.8) is 0 Å². The number of benzene rings is 1. The normalized spacial score (nSPS) is 12.0. The van der Waals surface area contributed by atoms with E-state index in [2.05, 4.69) is 0 Å². The summed E-state index contributed by atoms with van der Waals surface area (Å²) in [6, 6.07) is 8.21. The van der Waals surface area contributed by atoms with Gasteiger partial charge in [-0.1, -0.05) is 0 Å². The Morgan fingerprint density at radius 2 is 1.75 bits per heavy atom. The average Bonchev–Trinajstić information content (AvgIpc) is 3.04. The third-order valence-corrected chi connectivity index (χ3v) is 3.52. The molecular weight excluding hydrogens is 388 g/mol. The van der Waals surface area contributed by atoms with Crippen LogP contribution in [-0.4, -0.2) is 12.7 Å². The number of alkyl halides is 6. The number of rotatable bonds is 5. The number of hydrogen-bond acceptors (Lipinski definition) is 4. The third-order valence-electron chi connectivity index (χ3n) is 3.52. The SMILES string of the molecule is N#C/C=C/c1ccc(CN(CC(F)(F)F)c2ccc(C#N)c(C(F)(F)F)c2)o1. The summed E-state index contributed by atoms with van der Waals surface area (Å²) in [7, 11) is 0. The minimum absolute atomic E-state index is 0.0553. The number of allylic oxidation sites excluding steroid dienone is 1. The number of nitrogens with zero attached hydrogens (tertiary/aromatic N) is 3. The van der Waals surface area contributed by atoms with Gasteiger partial charge in [0, 0.05) is 11.8 Å². The summed E-state index contributed by atoms with van der Waals surface area (Å²) in [5.41, 5.74) is -2.38. The van der Waals surface area contributed by atoms with E-state index in [-0.39, 0.29) is 17.2 Å². The first-order valence-electron chi connectivity index (χ1n) is 7.61. The van der Waals surface area contributed by atoms with Crippen LogP contribution in [0.5, 0.6) is 0 Å². The number of nitriles is 2. The van der Waals surface area contributed by atoms with Crippen LogP contribution in [0, 0.1) is 22.7 Å². The minimum atomic E-state index is -4.90. The second kappa shape index (κ2) is 8.09. The van der Waals surface area contributed by atoms with Gasteiger partial charge in [-0.15, -0.1) is 0 Å². The second-order valence-corrected chi connectivity index (χ2v) is 5.58. The zero-order chi connectivity index (χ0) is 20.9. The molecule has 0 N–H and O–H groups in total. The molecule has 2 rings (SSSR count). The molecule has 28 heavy (non-hydrogen) atoms. The Labute approximate surface area is 155 Å². The highest BCUT2D eigenvalue weighted by molar-refractivity contribution is 5.55. The van der Waals surface area contributed by atoms with E-state index in [4.69, 9.17) is 14.9 Å². The summed E-state index contributed by atoms with van der Waals surface area (Å²) in [5.74, 6) is 0.263. The predicted octanol–water partition coefficient (Wildman–Crippen LogP) is 5.28. The molecule has 0 saturated heterocycles. The highest BCUT2D eigenvalue weighted by atomic mass is 19.4. The molecule has 0 spiro atoms. The zero-order valence-electron chi connectivity index (χ0n) is 14.0. The number of furan rings is 1. The van der Waals surface area contributed by atoms with Gasteiger partial charge in [0.05, 0.1) is 29.8 Å². The Bertz CT molecular complexity index is 944. The fourth-order valence-corrected chi connectivity index (χ4v) is 2.39. The van der Waals surface area contributed by atoms with E-state index >= 15 is 0 Å². The van der Waals surface area contributed by atoms with Gasteiger partial charge in [0.2, 0.25) is 0 Å².